The third kappa shape index (κ3) is 4.89. The quantitative estimate of drug-likeness (QED) is 0.364. The van der Waals surface area contributed by atoms with Gasteiger partial charge in [0.2, 0.25) is 5.90 Å². The summed E-state index contributed by atoms with van der Waals surface area (Å²) in [5.41, 5.74) is 3.76. The molecular weight excluding hydrogens is 332 g/mol. The zero-order valence-electron chi connectivity index (χ0n) is 13.2. The van der Waals surface area contributed by atoms with E-state index in [0.29, 0.717) is 10.9 Å². The average Bonchev–Trinajstić information content (AvgIpc) is 2.59. The number of halogens is 1. The molecule has 0 aliphatic heterocycles. The minimum absolute atomic E-state index is 0.0851. The van der Waals surface area contributed by atoms with Gasteiger partial charge in [0.25, 0.3) is 0 Å². The number of ether oxygens (including phenoxy) is 1. The van der Waals surface area contributed by atoms with E-state index in [2.05, 4.69) is 10.5 Å². The second-order valence-corrected chi connectivity index (χ2v) is 6.21. The summed E-state index contributed by atoms with van der Waals surface area (Å²) in [6.45, 7) is 0. The molecule has 0 saturated heterocycles. The third-order valence-corrected chi connectivity index (χ3v) is 4.64. The van der Waals surface area contributed by atoms with Crippen molar-refractivity contribution >= 4 is 29.3 Å². The standard InChI is InChI=1S/C17H19ClN2O2S/c1-19-17(22-20-2)16(12-4-6-13(18)7-5-12)23-15-10-8-14(21-3)9-11-15/h4-11,16,20H,1-3H3. The summed E-state index contributed by atoms with van der Waals surface area (Å²) in [6, 6.07) is 15.6. The fourth-order valence-corrected chi connectivity index (χ4v) is 3.25. The largest absolute Gasteiger partial charge is 0.497 e. The van der Waals surface area contributed by atoms with Crippen molar-refractivity contribution in [3.05, 3.63) is 59.1 Å². The lowest BCUT2D eigenvalue weighted by Gasteiger charge is -2.19. The highest BCUT2D eigenvalue weighted by Gasteiger charge is 2.21. The Bertz CT molecular complexity index is 645. The van der Waals surface area contributed by atoms with E-state index in [0.717, 1.165) is 16.2 Å². The molecule has 122 valence electrons. The first kappa shape index (κ1) is 17.7. The Hall–Kier alpha value is -1.69. The Kier molecular flexibility index (Phi) is 6.77. The van der Waals surface area contributed by atoms with Crippen LogP contribution in [0, 0.1) is 0 Å². The predicted molar refractivity (Wildman–Crippen MR) is 96.5 cm³/mol. The van der Waals surface area contributed by atoms with E-state index >= 15 is 0 Å². The molecule has 0 saturated carbocycles. The van der Waals surface area contributed by atoms with Crippen molar-refractivity contribution < 1.29 is 9.57 Å². The van der Waals surface area contributed by atoms with Crippen LogP contribution in [0.3, 0.4) is 0 Å². The number of nitrogens with zero attached hydrogens (tertiary/aromatic N) is 1. The lowest BCUT2D eigenvalue weighted by molar-refractivity contribution is 0.202. The van der Waals surface area contributed by atoms with Crippen LogP contribution in [0.15, 0.2) is 58.4 Å². The summed E-state index contributed by atoms with van der Waals surface area (Å²) in [7, 11) is 5.08. The molecule has 1 N–H and O–H groups in total. The van der Waals surface area contributed by atoms with Crippen molar-refractivity contribution in [3.8, 4) is 5.75 Å². The smallest absolute Gasteiger partial charge is 0.226 e. The van der Waals surface area contributed by atoms with Crippen LogP contribution in [0.2, 0.25) is 5.02 Å². The molecule has 4 nitrogen and oxygen atoms in total. The van der Waals surface area contributed by atoms with Crippen molar-refractivity contribution in [1.82, 2.24) is 5.48 Å². The minimum Gasteiger partial charge on any atom is -0.497 e. The maximum atomic E-state index is 5.99. The highest BCUT2D eigenvalue weighted by atomic mass is 35.5. The summed E-state index contributed by atoms with van der Waals surface area (Å²) in [5, 5.41) is 0.615. The number of aliphatic imine (C=N–C) groups is 1. The summed E-state index contributed by atoms with van der Waals surface area (Å²) >= 11 is 7.64. The third-order valence-electron chi connectivity index (χ3n) is 3.14. The molecule has 0 aliphatic carbocycles. The van der Waals surface area contributed by atoms with Crippen molar-refractivity contribution in [2.24, 2.45) is 4.99 Å². The van der Waals surface area contributed by atoms with Gasteiger partial charge in [-0.3, -0.25) is 4.99 Å². The summed E-state index contributed by atoms with van der Waals surface area (Å²) in [6.07, 6.45) is 0. The SMILES string of the molecule is CN=C(ONC)C(Sc1ccc(OC)cc1)c1ccc(Cl)cc1. The number of nitrogens with one attached hydrogen (secondary N) is 1. The van der Waals surface area contributed by atoms with Crippen LogP contribution in [0.1, 0.15) is 10.8 Å². The first-order valence-corrected chi connectivity index (χ1v) is 8.30. The second kappa shape index (κ2) is 8.82. The van der Waals surface area contributed by atoms with E-state index in [-0.39, 0.29) is 5.25 Å². The van der Waals surface area contributed by atoms with Gasteiger partial charge in [0.15, 0.2) is 0 Å². The van der Waals surface area contributed by atoms with E-state index in [1.54, 1.807) is 33.0 Å². The Labute approximate surface area is 145 Å². The van der Waals surface area contributed by atoms with Gasteiger partial charge in [-0.25, -0.2) is 0 Å². The van der Waals surface area contributed by atoms with Crippen molar-refractivity contribution in [2.45, 2.75) is 10.1 Å². The second-order valence-electron chi connectivity index (χ2n) is 4.59. The van der Waals surface area contributed by atoms with Crippen molar-refractivity contribution in [3.63, 3.8) is 0 Å². The van der Waals surface area contributed by atoms with Gasteiger partial charge in [-0.15, -0.1) is 11.8 Å². The maximum Gasteiger partial charge on any atom is 0.226 e. The normalized spacial score (nSPS) is 12.8. The summed E-state index contributed by atoms with van der Waals surface area (Å²) < 4.78 is 5.20. The Morgan fingerprint density at radius 3 is 2.30 bits per heavy atom. The zero-order valence-corrected chi connectivity index (χ0v) is 14.8. The van der Waals surface area contributed by atoms with Crippen LogP contribution in [0.4, 0.5) is 0 Å². The van der Waals surface area contributed by atoms with E-state index in [1.165, 1.54) is 0 Å². The summed E-state index contributed by atoms with van der Waals surface area (Å²) in [4.78, 5) is 10.8. The molecule has 2 rings (SSSR count). The number of hydrogen-bond acceptors (Lipinski definition) is 5. The average molecular weight is 351 g/mol. The highest BCUT2D eigenvalue weighted by molar-refractivity contribution is 8.00. The molecule has 0 fully saturated rings. The molecule has 0 radical (unpaired) electrons. The zero-order chi connectivity index (χ0) is 16.7. The van der Waals surface area contributed by atoms with Crippen LogP contribution >= 0.6 is 23.4 Å². The van der Waals surface area contributed by atoms with Crippen molar-refractivity contribution in [1.29, 1.82) is 0 Å². The molecule has 2 aromatic carbocycles. The first-order valence-electron chi connectivity index (χ1n) is 7.04. The van der Waals surface area contributed by atoms with Crippen LogP contribution in [-0.2, 0) is 4.84 Å². The fourth-order valence-electron chi connectivity index (χ4n) is 2.01. The molecule has 0 bridgehead atoms. The lowest BCUT2D eigenvalue weighted by Crippen LogP contribution is -2.20. The Morgan fingerprint density at radius 1 is 1.13 bits per heavy atom. The minimum atomic E-state index is -0.0851. The van der Waals surface area contributed by atoms with Gasteiger partial charge in [0, 0.05) is 24.0 Å². The monoisotopic (exact) mass is 350 g/mol. The predicted octanol–water partition coefficient (Wildman–Crippen LogP) is 4.36. The molecule has 0 heterocycles. The maximum absolute atomic E-state index is 5.99. The number of thioether (sulfide) groups is 1. The van der Waals surface area contributed by atoms with Gasteiger partial charge in [0.1, 0.15) is 11.0 Å². The van der Waals surface area contributed by atoms with Gasteiger partial charge < -0.3 is 9.57 Å². The molecule has 0 aromatic heterocycles. The molecule has 0 aliphatic rings. The number of methoxy groups -OCH3 is 1. The van der Waals surface area contributed by atoms with E-state index in [1.807, 2.05) is 48.5 Å². The van der Waals surface area contributed by atoms with Crippen LogP contribution in [-0.4, -0.2) is 27.1 Å². The Balaban J connectivity index is 2.30. The molecule has 0 spiro atoms. The molecule has 1 unspecified atom stereocenters. The lowest BCUT2D eigenvalue weighted by atomic mass is 10.1. The first-order chi connectivity index (χ1) is 11.2. The highest BCUT2D eigenvalue weighted by Crippen LogP contribution is 2.37. The van der Waals surface area contributed by atoms with Crippen LogP contribution < -0.4 is 10.2 Å². The van der Waals surface area contributed by atoms with E-state index in [9.17, 15) is 0 Å². The Morgan fingerprint density at radius 2 is 1.78 bits per heavy atom. The van der Waals surface area contributed by atoms with Crippen LogP contribution in [0.25, 0.3) is 0 Å². The molecule has 23 heavy (non-hydrogen) atoms. The van der Waals surface area contributed by atoms with Gasteiger partial charge >= 0.3 is 0 Å². The molecule has 2 aromatic rings. The molecule has 6 heteroatoms. The van der Waals surface area contributed by atoms with Gasteiger partial charge in [-0.1, -0.05) is 23.7 Å². The number of benzene rings is 2. The topological polar surface area (TPSA) is 42.8 Å². The molecular formula is C17H19ClN2O2S. The molecule has 1 atom stereocenters. The van der Waals surface area contributed by atoms with Gasteiger partial charge in [-0.2, -0.15) is 5.48 Å². The van der Waals surface area contributed by atoms with E-state index < -0.39 is 0 Å². The van der Waals surface area contributed by atoms with Crippen molar-refractivity contribution in [2.75, 3.05) is 21.2 Å². The van der Waals surface area contributed by atoms with E-state index in [4.69, 9.17) is 21.2 Å². The number of hydrogen-bond donors (Lipinski definition) is 1. The number of rotatable bonds is 6. The number of hydroxylamine groups is 1. The van der Waals surface area contributed by atoms with Gasteiger partial charge in [0.05, 0.1) is 7.11 Å². The molecule has 0 amide bonds. The fraction of sp³-hybridized carbons (Fsp3) is 0.235. The van der Waals surface area contributed by atoms with Crippen LogP contribution in [0.5, 0.6) is 5.75 Å². The van der Waals surface area contributed by atoms with Gasteiger partial charge in [-0.05, 0) is 42.0 Å². The summed E-state index contributed by atoms with van der Waals surface area (Å²) in [5.74, 6) is 1.42.